The van der Waals surface area contributed by atoms with Crippen molar-refractivity contribution in [1.29, 1.82) is 0 Å². The quantitative estimate of drug-likeness (QED) is 0.839. The lowest BCUT2D eigenvalue weighted by atomic mass is 9.77. The van der Waals surface area contributed by atoms with Crippen LogP contribution in [0.15, 0.2) is 47.8 Å². The molecule has 0 saturated carbocycles. The minimum Gasteiger partial charge on any atom is -0.395 e. The van der Waals surface area contributed by atoms with Crippen LogP contribution in [0.4, 0.5) is 0 Å². The molecule has 0 fully saturated rings. The highest BCUT2D eigenvalue weighted by molar-refractivity contribution is 7.09. The minimum atomic E-state index is -0.314. The second kappa shape index (κ2) is 6.14. The molecule has 1 aromatic carbocycles. The van der Waals surface area contributed by atoms with Crippen molar-refractivity contribution in [2.45, 2.75) is 18.3 Å². The summed E-state index contributed by atoms with van der Waals surface area (Å²) in [6.07, 6.45) is 1.84. The van der Waals surface area contributed by atoms with Crippen molar-refractivity contribution in [1.82, 2.24) is 0 Å². The first-order valence-electron chi connectivity index (χ1n) is 6.19. The number of thiophene rings is 1. The maximum Gasteiger partial charge on any atom is 0.0540 e. The zero-order valence-corrected chi connectivity index (χ0v) is 11.2. The van der Waals surface area contributed by atoms with Gasteiger partial charge in [0, 0.05) is 16.8 Å². The summed E-state index contributed by atoms with van der Waals surface area (Å²) < 4.78 is 0. The smallest absolute Gasteiger partial charge is 0.0540 e. The lowest BCUT2D eigenvalue weighted by molar-refractivity contribution is 0.188. The fourth-order valence-corrected chi connectivity index (χ4v) is 2.92. The molecule has 0 amide bonds. The van der Waals surface area contributed by atoms with E-state index in [4.69, 9.17) is 5.73 Å². The molecule has 18 heavy (non-hydrogen) atoms. The third-order valence-corrected chi connectivity index (χ3v) is 4.45. The summed E-state index contributed by atoms with van der Waals surface area (Å²) in [4.78, 5) is 1.34. The second-order valence-corrected chi connectivity index (χ2v) is 5.62. The molecule has 96 valence electrons. The van der Waals surface area contributed by atoms with Crippen LogP contribution in [-0.2, 0) is 11.8 Å². The van der Waals surface area contributed by atoms with Crippen molar-refractivity contribution in [2.75, 3.05) is 13.2 Å². The predicted octanol–water partition coefficient (Wildman–Crippen LogP) is 2.57. The highest BCUT2D eigenvalue weighted by Crippen LogP contribution is 2.29. The predicted molar refractivity (Wildman–Crippen MR) is 76.9 cm³/mol. The number of aliphatic hydroxyl groups is 1. The first-order valence-corrected chi connectivity index (χ1v) is 7.07. The van der Waals surface area contributed by atoms with Gasteiger partial charge in [0.1, 0.15) is 0 Å². The Bertz CT molecular complexity index is 449. The van der Waals surface area contributed by atoms with Gasteiger partial charge >= 0.3 is 0 Å². The topological polar surface area (TPSA) is 46.2 Å². The van der Waals surface area contributed by atoms with Crippen LogP contribution in [-0.4, -0.2) is 18.3 Å². The highest BCUT2D eigenvalue weighted by atomic mass is 32.1. The standard InChI is InChI=1S/C15H19NOS/c16-11-15(12-17,13-5-2-1-3-6-13)9-8-14-7-4-10-18-14/h1-7,10,17H,8-9,11-12,16H2. The van der Waals surface area contributed by atoms with Crippen molar-refractivity contribution in [3.8, 4) is 0 Å². The molecule has 1 unspecified atom stereocenters. The van der Waals surface area contributed by atoms with Crippen LogP contribution in [0.1, 0.15) is 16.9 Å². The van der Waals surface area contributed by atoms with Gasteiger partial charge in [-0.15, -0.1) is 11.3 Å². The molecule has 0 saturated heterocycles. The number of benzene rings is 1. The molecule has 0 aliphatic carbocycles. The van der Waals surface area contributed by atoms with Crippen LogP contribution in [0.5, 0.6) is 0 Å². The summed E-state index contributed by atoms with van der Waals surface area (Å²) in [6.45, 7) is 0.567. The number of nitrogens with two attached hydrogens (primary N) is 1. The molecule has 0 spiro atoms. The average Bonchev–Trinajstić information content (AvgIpc) is 2.95. The first-order chi connectivity index (χ1) is 8.80. The van der Waals surface area contributed by atoms with Gasteiger partial charge in [0.15, 0.2) is 0 Å². The third-order valence-electron chi connectivity index (χ3n) is 3.51. The maximum absolute atomic E-state index is 9.78. The van der Waals surface area contributed by atoms with E-state index in [1.807, 2.05) is 18.2 Å². The van der Waals surface area contributed by atoms with E-state index in [0.717, 1.165) is 18.4 Å². The maximum atomic E-state index is 9.78. The zero-order chi connectivity index (χ0) is 12.8. The molecule has 1 aromatic heterocycles. The molecular weight excluding hydrogens is 242 g/mol. The van der Waals surface area contributed by atoms with E-state index in [0.29, 0.717) is 6.54 Å². The van der Waals surface area contributed by atoms with Gasteiger partial charge in [0.2, 0.25) is 0 Å². The van der Waals surface area contributed by atoms with Crippen LogP contribution in [0.3, 0.4) is 0 Å². The molecule has 0 aliphatic rings. The van der Waals surface area contributed by atoms with Crippen LogP contribution in [0, 0.1) is 0 Å². The van der Waals surface area contributed by atoms with Gasteiger partial charge < -0.3 is 10.8 Å². The molecule has 2 rings (SSSR count). The normalized spacial score (nSPS) is 14.3. The Kier molecular flexibility index (Phi) is 4.53. The first kappa shape index (κ1) is 13.3. The van der Waals surface area contributed by atoms with Gasteiger partial charge in [-0.05, 0) is 29.9 Å². The molecular formula is C15H19NOS. The Balaban J connectivity index is 2.16. The lowest BCUT2D eigenvalue weighted by Crippen LogP contribution is -2.39. The number of hydrogen-bond acceptors (Lipinski definition) is 3. The van der Waals surface area contributed by atoms with Crippen molar-refractivity contribution in [3.05, 3.63) is 58.3 Å². The number of aliphatic hydroxyl groups excluding tert-OH is 1. The van der Waals surface area contributed by atoms with Crippen molar-refractivity contribution in [3.63, 3.8) is 0 Å². The van der Waals surface area contributed by atoms with Gasteiger partial charge in [0.05, 0.1) is 6.61 Å². The number of aryl methyl sites for hydroxylation is 1. The number of rotatable bonds is 6. The molecule has 0 aliphatic heterocycles. The molecule has 3 heteroatoms. The van der Waals surface area contributed by atoms with E-state index in [-0.39, 0.29) is 12.0 Å². The molecule has 2 nitrogen and oxygen atoms in total. The Morgan fingerprint density at radius 3 is 2.44 bits per heavy atom. The zero-order valence-electron chi connectivity index (χ0n) is 10.4. The summed E-state index contributed by atoms with van der Waals surface area (Å²) in [6, 6.07) is 14.3. The SMILES string of the molecule is NCC(CO)(CCc1cccs1)c1ccccc1. The van der Waals surface area contributed by atoms with E-state index in [1.54, 1.807) is 11.3 Å². The van der Waals surface area contributed by atoms with Crippen LogP contribution in [0.2, 0.25) is 0 Å². The van der Waals surface area contributed by atoms with E-state index in [1.165, 1.54) is 4.88 Å². The molecule has 0 bridgehead atoms. The van der Waals surface area contributed by atoms with Gasteiger partial charge in [-0.25, -0.2) is 0 Å². The largest absolute Gasteiger partial charge is 0.395 e. The molecule has 1 heterocycles. The molecule has 0 radical (unpaired) electrons. The minimum absolute atomic E-state index is 0.0961. The Morgan fingerprint density at radius 2 is 1.89 bits per heavy atom. The third kappa shape index (κ3) is 2.80. The van der Waals surface area contributed by atoms with Gasteiger partial charge in [-0.2, -0.15) is 0 Å². The molecule has 1 atom stereocenters. The Morgan fingerprint density at radius 1 is 1.11 bits per heavy atom. The van der Waals surface area contributed by atoms with E-state index in [9.17, 15) is 5.11 Å². The van der Waals surface area contributed by atoms with Crippen LogP contribution >= 0.6 is 11.3 Å². The second-order valence-electron chi connectivity index (χ2n) is 4.59. The summed E-state index contributed by atoms with van der Waals surface area (Å²) in [5.74, 6) is 0. The van der Waals surface area contributed by atoms with Crippen molar-refractivity contribution >= 4 is 11.3 Å². The van der Waals surface area contributed by atoms with Crippen molar-refractivity contribution < 1.29 is 5.11 Å². The monoisotopic (exact) mass is 261 g/mol. The van der Waals surface area contributed by atoms with Crippen molar-refractivity contribution in [2.24, 2.45) is 5.73 Å². The number of hydrogen-bond donors (Lipinski definition) is 2. The summed E-state index contributed by atoms with van der Waals surface area (Å²) >= 11 is 1.76. The van der Waals surface area contributed by atoms with Crippen LogP contribution < -0.4 is 5.73 Å². The van der Waals surface area contributed by atoms with E-state index in [2.05, 4.69) is 29.6 Å². The highest BCUT2D eigenvalue weighted by Gasteiger charge is 2.29. The fraction of sp³-hybridized carbons (Fsp3) is 0.333. The molecule has 3 N–H and O–H groups in total. The summed E-state index contributed by atoms with van der Waals surface area (Å²) in [5, 5.41) is 11.9. The van der Waals surface area contributed by atoms with E-state index < -0.39 is 0 Å². The lowest BCUT2D eigenvalue weighted by Gasteiger charge is -2.31. The van der Waals surface area contributed by atoms with Gasteiger partial charge in [-0.1, -0.05) is 36.4 Å². The van der Waals surface area contributed by atoms with E-state index >= 15 is 0 Å². The fourth-order valence-electron chi connectivity index (χ4n) is 2.21. The average molecular weight is 261 g/mol. The Hall–Kier alpha value is -1.16. The van der Waals surface area contributed by atoms with Gasteiger partial charge in [0.25, 0.3) is 0 Å². The summed E-state index contributed by atoms with van der Waals surface area (Å²) in [7, 11) is 0. The Labute approximate surface area is 112 Å². The molecule has 2 aromatic rings. The summed E-state index contributed by atoms with van der Waals surface area (Å²) in [5.41, 5.74) is 6.75. The van der Waals surface area contributed by atoms with Gasteiger partial charge in [-0.3, -0.25) is 0 Å². The van der Waals surface area contributed by atoms with Crippen LogP contribution in [0.25, 0.3) is 0 Å².